The first kappa shape index (κ1) is 20.5. The maximum absolute atomic E-state index is 11.5. The average molecular weight is 320 g/mol. The van der Waals surface area contributed by atoms with Crippen LogP contribution in [0.25, 0.3) is 0 Å². The highest BCUT2D eigenvalue weighted by Gasteiger charge is 2.34. The van der Waals surface area contributed by atoms with Gasteiger partial charge in [0.2, 0.25) is 0 Å². The summed E-state index contributed by atoms with van der Waals surface area (Å²) in [6.07, 6.45) is -5.48. The van der Waals surface area contributed by atoms with Crippen LogP contribution in [0.1, 0.15) is 39.5 Å². The van der Waals surface area contributed by atoms with Crippen LogP contribution in [0.15, 0.2) is 0 Å². The van der Waals surface area contributed by atoms with E-state index in [0.29, 0.717) is 12.8 Å². The Morgan fingerprint density at radius 3 is 2.05 bits per heavy atom. The Morgan fingerprint density at radius 1 is 1.00 bits per heavy atom. The molecule has 8 heteroatoms. The van der Waals surface area contributed by atoms with Crippen LogP contribution in [0.5, 0.6) is 0 Å². The molecule has 0 bridgehead atoms. The molecule has 0 rings (SSSR count). The molecule has 8 nitrogen and oxygen atoms in total. The van der Waals surface area contributed by atoms with E-state index in [1.165, 1.54) is 0 Å². The third-order valence-electron chi connectivity index (χ3n) is 2.82. The largest absolute Gasteiger partial charge is 0.462 e. The smallest absolute Gasteiger partial charge is 0.306 e. The molecule has 3 N–H and O–H groups in total. The first-order chi connectivity index (χ1) is 10.4. The summed E-state index contributed by atoms with van der Waals surface area (Å²) in [5.74, 6) is -1.19. The number of hydrogen-bond donors (Lipinski definition) is 3. The Bertz CT molecular complexity index is 357. The Hall–Kier alpha value is -1.51. The Balaban J connectivity index is 4.79. The molecule has 0 radical (unpaired) electrons. The van der Waals surface area contributed by atoms with Gasteiger partial charge in [0.1, 0.15) is 24.9 Å². The molecular formula is C14H24O8. The van der Waals surface area contributed by atoms with Crippen LogP contribution in [0.2, 0.25) is 0 Å². The van der Waals surface area contributed by atoms with Crippen molar-refractivity contribution < 1.29 is 39.2 Å². The first-order valence-corrected chi connectivity index (χ1v) is 7.21. The monoisotopic (exact) mass is 320 g/mol. The third kappa shape index (κ3) is 7.48. The van der Waals surface area contributed by atoms with Gasteiger partial charge in [-0.15, -0.1) is 0 Å². The minimum atomic E-state index is -1.86. The van der Waals surface area contributed by atoms with Crippen molar-refractivity contribution in [3.05, 3.63) is 0 Å². The minimum Gasteiger partial charge on any atom is -0.462 e. The van der Waals surface area contributed by atoms with Gasteiger partial charge in [-0.05, 0) is 12.8 Å². The molecule has 0 heterocycles. The third-order valence-corrected chi connectivity index (χ3v) is 2.82. The molecule has 0 amide bonds. The van der Waals surface area contributed by atoms with Crippen molar-refractivity contribution in [1.82, 2.24) is 0 Å². The van der Waals surface area contributed by atoms with E-state index in [-0.39, 0.29) is 19.1 Å². The second kappa shape index (κ2) is 11.1. The predicted molar refractivity (Wildman–Crippen MR) is 74.7 cm³/mol. The van der Waals surface area contributed by atoms with E-state index in [1.807, 2.05) is 0 Å². The van der Waals surface area contributed by atoms with E-state index >= 15 is 0 Å². The van der Waals surface area contributed by atoms with Crippen molar-refractivity contribution in [1.29, 1.82) is 0 Å². The van der Waals surface area contributed by atoms with Crippen molar-refractivity contribution in [2.75, 3.05) is 6.61 Å². The Morgan fingerprint density at radius 2 is 1.55 bits per heavy atom. The molecule has 0 aromatic heterocycles. The van der Waals surface area contributed by atoms with E-state index in [0.717, 1.165) is 0 Å². The molecule has 0 saturated heterocycles. The fourth-order valence-corrected chi connectivity index (χ4v) is 1.59. The van der Waals surface area contributed by atoms with Crippen molar-refractivity contribution in [2.45, 2.75) is 63.9 Å². The molecule has 128 valence electrons. The van der Waals surface area contributed by atoms with Gasteiger partial charge in [-0.2, -0.15) is 0 Å². The molecule has 0 aromatic rings. The van der Waals surface area contributed by atoms with Crippen LogP contribution in [0.3, 0.4) is 0 Å². The Labute approximate surface area is 129 Å². The summed E-state index contributed by atoms with van der Waals surface area (Å²) in [4.78, 5) is 33.3. The molecule has 0 aliphatic carbocycles. The van der Waals surface area contributed by atoms with Crippen LogP contribution in [0, 0.1) is 0 Å². The fraction of sp³-hybridized carbons (Fsp3) is 0.786. The van der Waals surface area contributed by atoms with E-state index in [9.17, 15) is 29.7 Å². The summed E-state index contributed by atoms with van der Waals surface area (Å²) in [7, 11) is 0. The van der Waals surface area contributed by atoms with Crippen molar-refractivity contribution in [2.24, 2.45) is 0 Å². The highest BCUT2D eigenvalue weighted by molar-refractivity contribution is 5.70. The Kier molecular flexibility index (Phi) is 10.3. The molecule has 4 atom stereocenters. The molecule has 0 fully saturated rings. The number of hydrogen-bond acceptors (Lipinski definition) is 8. The van der Waals surface area contributed by atoms with Gasteiger partial charge in [0.25, 0.3) is 0 Å². The van der Waals surface area contributed by atoms with Crippen LogP contribution in [0.4, 0.5) is 0 Å². The normalized spacial score (nSPS) is 16.2. The lowest BCUT2D eigenvalue weighted by atomic mass is 10.0. The molecule has 0 spiro atoms. The zero-order valence-electron chi connectivity index (χ0n) is 12.8. The lowest BCUT2D eigenvalue weighted by Gasteiger charge is -2.27. The second-order valence-electron chi connectivity index (χ2n) is 4.82. The van der Waals surface area contributed by atoms with Gasteiger partial charge < -0.3 is 29.6 Å². The average Bonchev–Trinajstić information content (AvgIpc) is 2.49. The summed E-state index contributed by atoms with van der Waals surface area (Å²) < 4.78 is 9.79. The number of esters is 2. The maximum Gasteiger partial charge on any atom is 0.306 e. The van der Waals surface area contributed by atoms with Crippen molar-refractivity contribution >= 4 is 18.2 Å². The second-order valence-corrected chi connectivity index (χ2v) is 4.82. The molecule has 0 unspecified atom stereocenters. The number of rotatable bonds is 11. The van der Waals surface area contributed by atoms with Crippen LogP contribution in [-0.2, 0) is 23.9 Å². The molecule has 0 saturated carbocycles. The standard InChI is InChI=1S/C14H24O8/c1-3-5-11(17)21-8-10(22-12(18)6-4-2)14(20)13(19)9(16)7-15/h7,9-10,13-14,16,19-20H,3-6,8H2,1-2H3/t9-,10-,13-,14-/m1/s1. The summed E-state index contributed by atoms with van der Waals surface area (Å²) in [5.41, 5.74) is 0. The zero-order valence-corrected chi connectivity index (χ0v) is 12.8. The fourth-order valence-electron chi connectivity index (χ4n) is 1.59. The van der Waals surface area contributed by atoms with Crippen LogP contribution < -0.4 is 0 Å². The van der Waals surface area contributed by atoms with Gasteiger partial charge in [-0.25, -0.2) is 0 Å². The number of carbonyl (C=O) groups is 3. The first-order valence-electron chi connectivity index (χ1n) is 7.21. The number of aliphatic hydroxyl groups excluding tert-OH is 3. The van der Waals surface area contributed by atoms with Crippen LogP contribution >= 0.6 is 0 Å². The van der Waals surface area contributed by atoms with Gasteiger partial charge in [0, 0.05) is 12.8 Å². The minimum absolute atomic E-state index is 0.0436. The highest BCUT2D eigenvalue weighted by atomic mass is 16.6. The highest BCUT2D eigenvalue weighted by Crippen LogP contribution is 2.11. The molecular weight excluding hydrogens is 296 g/mol. The lowest BCUT2D eigenvalue weighted by molar-refractivity contribution is -0.176. The number of ether oxygens (including phenoxy) is 2. The van der Waals surface area contributed by atoms with Gasteiger partial charge in [0.15, 0.2) is 12.4 Å². The van der Waals surface area contributed by atoms with Crippen LogP contribution in [-0.4, -0.2) is 64.6 Å². The van der Waals surface area contributed by atoms with Gasteiger partial charge in [0.05, 0.1) is 0 Å². The van der Waals surface area contributed by atoms with Crippen molar-refractivity contribution in [3.63, 3.8) is 0 Å². The molecule has 0 aliphatic heterocycles. The molecule has 22 heavy (non-hydrogen) atoms. The van der Waals surface area contributed by atoms with E-state index in [4.69, 9.17) is 9.47 Å². The number of aldehydes is 1. The number of aliphatic hydroxyl groups is 3. The SMILES string of the molecule is CCCC(=O)OC[C@@H](OC(=O)CCC)[C@@H](O)[C@H](O)[C@H](O)C=O. The maximum atomic E-state index is 11.5. The summed E-state index contributed by atoms with van der Waals surface area (Å²) in [6, 6.07) is 0. The topological polar surface area (TPSA) is 130 Å². The molecule has 0 aliphatic rings. The lowest BCUT2D eigenvalue weighted by Crippen LogP contribution is -2.48. The van der Waals surface area contributed by atoms with E-state index in [1.54, 1.807) is 13.8 Å². The quantitative estimate of drug-likeness (QED) is 0.337. The summed E-state index contributed by atoms with van der Waals surface area (Å²) in [6.45, 7) is 3.05. The van der Waals surface area contributed by atoms with Crippen molar-refractivity contribution in [3.8, 4) is 0 Å². The van der Waals surface area contributed by atoms with E-state index < -0.39 is 43.0 Å². The predicted octanol–water partition coefficient (Wildman–Crippen LogP) is -0.677. The van der Waals surface area contributed by atoms with E-state index in [2.05, 4.69) is 0 Å². The van der Waals surface area contributed by atoms with Gasteiger partial charge in [-0.3, -0.25) is 9.59 Å². The summed E-state index contributed by atoms with van der Waals surface area (Å²) in [5, 5.41) is 28.7. The summed E-state index contributed by atoms with van der Waals surface area (Å²) >= 11 is 0. The molecule has 0 aromatic carbocycles. The number of carbonyl (C=O) groups excluding carboxylic acids is 3. The van der Waals surface area contributed by atoms with Gasteiger partial charge >= 0.3 is 11.9 Å². The zero-order chi connectivity index (χ0) is 17.1. The van der Waals surface area contributed by atoms with Gasteiger partial charge in [-0.1, -0.05) is 13.8 Å².